The number of nitrogens with one attached hydrogen (secondary N) is 1. The van der Waals surface area contributed by atoms with Crippen LogP contribution in [0.5, 0.6) is 0 Å². The van der Waals surface area contributed by atoms with Crippen molar-refractivity contribution in [3.05, 3.63) is 28.8 Å². The topological polar surface area (TPSA) is 24.5 Å². The monoisotopic (exact) mass is 296 g/mol. The molecule has 1 aliphatic heterocycles. The van der Waals surface area contributed by atoms with E-state index in [0.717, 1.165) is 43.4 Å². The van der Waals surface area contributed by atoms with Crippen LogP contribution in [0.4, 0.5) is 5.69 Å². The van der Waals surface area contributed by atoms with E-state index in [1.165, 1.54) is 5.56 Å². The molecule has 2 unspecified atom stereocenters. The summed E-state index contributed by atoms with van der Waals surface area (Å²) in [5.41, 5.74) is 2.36. The predicted molar refractivity (Wildman–Crippen MR) is 85.8 cm³/mol. The number of halogens is 1. The molecule has 1 aromatic rings. The van der Waals surface area contributed by atoms with Crippen molar-refractivity contribution in [2.24, 2.45) is 0 Å². The summed E-state index contributed by atoms with van der Waals surface area (Å²) in [4.78, 5) is 2.34. The maximum absolute atomic E-state index is 6.49. The lowest BCUT2D eigenvalue weighted by Gasteiger charge is -2.34. The first-order chi connectivity index (χ1) is 9.65. The Bertz CT molecular complexity index is 438. The maximum Gasteiger partial charge on any atom is 0.0748 e. The lowest BCUT2D eigenvalue weighted by molar-refractivity contribution is 0.0384. The zero-order valence-electron chi connectivity index (χ0n) is 12.7. The molecular formula is C16H25ClN2O. The van der Waals surface area contributed by atoms with Crippen molar-refractivity contribution < 1.29 is 4.74 Å². The van der Waals surface area contributed by atoms with E-state index in [2.05, 4.69) is 49.2 Å². The summed E-state index contributed by atoms with van der Waals surface area (Å²) in [6.07, 6.45) is 1.36. The fourth-order valence-electron chi connectivity index (χ4n) is 2.66. The first-order valence-electron chi connectivity index (χ1n) is 7.55. The Hall–Kier alpha value is -0.770. The van der Waals surface area contributed by atoms with E-state index >= 15 is 0 Å². The number of rotatable bonds is 5. The van der Waals surface area contributed by atoms with Crippen molar-refractivity contribution in [2.45, 2.75) is 39.3 Å². The van der Waals surface area contributed by atoms with Gasteiger partial charge in [0.05, 0.1) is 23.4 Å². The number of morpholine rings is 1. The van der Waals surface area contributed by atoms with Crippen LogP contribution in [0.3, 0.4) is 0 Å². The zero-order chi connectivity index (χ0) is 14.5. The Morgan fingerprint density at radius 3 is 2.90 bits per heavy atom. The second-order valence-electron chi connectivity index (χ2n) is 5.34. The van der Waals surface area contributed by atoms with E-state index in [1.54, 1.807) is 0 Å². The summed E-state index contributed by atoms with van der Waals surface area (Å²) >= 11 is 6.49. The highest BCUT2D eigenvalue weighted by Gasteiger charge is 2.21. The molecule has 0 aliphatic carbocycles. The molecule has 0 amide bonds. The molecule has 112 valence electrons. The first kappa shape index (κ1) is 15.6. The van der Waals surface area contributed by atoms with Gasteiger partial charge in [0.15, 0.2) is 0 Å². The van der Waals surface area contributed by atoms with Crippen LogP contribution >= 0.6 is 11.6 Å². The van der Waals surface area contributed by atoms with Gasteiger partial charge in [-0.3, -0.25) is 0 Å². The molecule has 2 rings (SSSR count). The molecule has 1 fully saturated rings. The largest absolute Gasteiger partial charge is 0.375 e. The molecule has 0 bridgehead atoms. The first-order valence-corrected chi connectivity index (χ1v) is 7.92. The second-order valence-corrected chi connectivity index (χ2v) is 5.74. The molecule has 20 heavy (non-hydrogen) atoms. The fraction of sp³-hybridized carbons (Fsp3) is 0.625. The SMILES string of the molecule is CCNC(C)c1ccc(N2CCOC(CC)C2)c(Cl)c1. The third-order valence-electron chi connectivity index (χ3n) is 3.92. The molecule has 0 saturated carbocycles. The molecule has 1 heterocycles. The van der Waals surface area contributed by atoms with E-state index in [-0.39, 0.29) is 0 Å². The highest BCUT2D eigenvalue weighted by molar-refractivity contribution is 6.33. The maximum atomic E-state index is 6.49. The zero-order valence-corrected chi connectivity index (χ0v) is 13.4. The molecule has 1 aliphatic rings. The van der Waals surface area contributed by atoms with Crippen molar-refractivity contribution in [1.29, 1.82) is 0 Å². The van der Waals surface area contributed by atoms with Crippen LogP contribution in [0.2, 0.25) is 5.02 Å². The molecule has 1 aromatic carbocycles. The standard InChI is InChI=1S/C16H25ClN2O/c1-4-14-11-19(8-9-20-14)16-7-6-13(10-15(16)17)12(3)18-5-2/h6-7,10,12,14,18H,4-5,8-9,11H2,1-3H3. The third kappa shape index (κ3) is 3.66. The van der Waals surface area contributed by atoms with Crippen LogP contribution in [0.15, 0.2) is 18.2 Å². The van der Waals surface area contributed by atoms with Gasteiger partial charge in [0.25, 0.3) is 0 Å². The number of anilines is 1. The number of hydrogen-bond acceptors (Lipinski definition) is 3. The van der Waals surface area contributed by atoms with Crippen LogP contribution in [-0.4, -0.2) is 32.3 Å². The summed E-state index contributed by atoms with van der Waals surface area (Å²) in [5, 5.41) is 4.25. The van der Waals surface area contributed by atoms with E-state index in [1.807, 2.05) is 0 Å². The van der Waals surface area contributed by atoms with Crippen molar-refractivity contribution in [1.82, 2.24) is 5.32 Å². The van der Waals surface area contributed by atoms with Gasteiger partial charge in [0, 0.05) is 19.1 Å². The molecule has 1 saturated heterocycles. The Kier molecular flexibility index (Phi) is 5.70. The number of nitrogens with zero attached hydrogens (tertiary/aromatic N) is 1. The molecule has 3 nitrogen and oxygen atoms in total. The van der Waals surface area contributed by atoms with Crippen molar-refractivity contribution >= 4 is 17.3 Å². The van der Waals surface area contributed by atoms with Gasteiger partial charge in [-0.1, -0.05) is 31.5 Å². The van der Waals surface area contributed by atoms with Gasteiger partial charge >= 0.3 is 0 Å². The fourth-order valence-corrected chi connectivity index (χ4v) is 2.97. The number of hydrogen-bond donors (Lipinski definition) is 1. The quantitative estimate of drug-likeness (QED) is 0.898. The highest BCUT2D eigenvalue weighted by atomic mass is 35.5. The second kappa shape index (κ2) is 7.30. The van der Waals surface area contributed by atoms with Crippen molar-refractivity contribution in [2.75, 3.05) is 31.1 Å². The van der Waals surface area contributed by atoms with E-state index < -0.39 is 0 Å². The van der Waals surface area contributed by atoms with Crippen LogP contribution < -0.4 is 10.2 Å². The molecule has 0 aromatic heterocycles. The van der Waals surface area contributed by atoms with Crippen molar-refractivity contribution in [3.63, 3.8) is 0 Å². The van der Waals surface area contributed by atoms with Crippen LogP contribution in [0.25, 0.3) is 0 Å². The van der Waals surface area contributed by atoms with Crippen LogP contribution in [-0.2, 0) is 4.74 Å². The molecule has 4 heteroatoms. The average molecular weight is 297 g/mol. The minimum Gasteiger partial charge on any atom is -0.375 e. The minimum atomic E-state index is 0.320. The summed E-state index contributed by atoms with van der Waals surface area (Å²) in [7, 11) is 0. The van der Waals surface area contributed by atoms with Gasteiger partial charge in [0.2, 0.25) is 0 Å². The summed E-state index contributed by atoms with van der Waals surface area (Å²) in [6.45, 7) is 10.0. The molecule has 1 N–H and O–H groups in total. The van der Waals surface area contributed by atoms with Crippen LogP contribution in [0.1, 0.15) is 38.8 Å². The predicted octanol–water partition coefficient (Wildman–Crippen LogP) is 3.63. The third-order valence-corrected chi connectivity index (χ3v) is 4.22. The summed E-state index contributed by atoms with van der Waals surface area (Å²) in [6, 6.07) is 6.73. The lowest BCUT2D eigenvalue weighted by Crippen LogP contribution is -2.42. The minimum absolute atomic E-state index is 0.320. The van der Waals surface area contributed by atoms with Crippen molar-refractivity contribution in [3.8, 4) is 0 Å². The molecule has 2 atom stereocenters. The normalized spacial score (nSPS) is 21.0. The van der Waals surface area contributed by atoms with E-state index in [4.69, 9.17) is 16.3 Å². The van der Waals surface area contributed by atoms with Gasteiger partial charge in [-0.15, -0.1) is 0 Å². The Morgan fingerprint density at radius 2 is 2.25 bits per heavy atom. The van der Waals surface area contributed by atoms with Crippen LogP contribution in [0, 0.1) is 0 Å². The average Bonchev–Trinajstić information content (AvgIpc) is 2.47. The van der Waals surface area contributed by atoms with Gasteiger partial charge in [-0.05, 0) is 37.6 Å². The molecular weight excluding hydrogens is 272 g/mol. The van der Waals surface area contributed by atoms with Gasteiger partial charge in [-0.25, -0.2) is 0 Å². The summed E-state index contributed by atoms with van der Waals surface area (Å²) < 4.78 is 5.72. The number of benzene rings is 1. The highest BCUT2D eigenvalue weighted by Crippen LogP contribution is 2.30. The smallest absolute Gasteiger partial charge is 0.0748 e. The van der Waals surface area contributed by atoms with E-state index in [0.29, 0.717) is 12.1 Å². The molecule has 0 spiro atoms. The Balaban J connectivity index is 2.13. The lowest BCUT2D eigenvalue weighted by atomic mass is 10.1. The Morgan fingerprint density at radius 1 is 1.45 bits per heavy atom. The molecule has 0 radical (unpaired) electrons. The Labute approximate surface area is 127 Å². The van der Waals surface area contributed by atoms with E-state index in [9.17, 15) is 0 Å². The summed E-state index contributed by atoms with van der Waals surface area (Å²) in [5.74, 6) is 0. The van der Waals surface area contributed by atoms with Gasteiger partial charge < -0.3 is 15.0 Å². The van der Waals surface area contributed by atoms with Gasteiger partial charge in [0.1, 0.15) is 0 Å². The van der Waals surface area contributed by atoms with Gasteiger partial charge in [-0.2, -0.15) is 0 Å². The number of ether oxygens (including phenoxy) is 1.